The molecule has 0 aromatic rings. The van der Waals surface area contributed by atoms with Crippen LogP contribution in [0.1, 0.15) is 33.1 Å². The summed E-state index contributed by atoms with van der Waals surface area (Å²) in [6.07, 6.45) is 3.84. The SMILES string of the molecule is CN1CCN(C2CCCC2N)CC1(C)C. The van der Waals surface area contributed by atoms with Crippen molar-refractivity contribution >= 4 is 0 Å². The summed E-state index contributed by atoms with van der Waals surface area (Å²) in [6.45, 7) is 8.20. The van der Waals surface area contributed by atoms with Crippen LogP contribution in [0, 0.1) is 0 Å². The van der Waals surface area contributed by atoms with E-state index in [1.807, 2.05) is 0 Å². The molecule has 0 radical (unpaired) electrons. The lowest BCUT2D eigenvalue weighted by Crippen LogP contribution is -2.61. The van der Waals surface area contributed by atoms with E-state index in [-0.39, 0.29) is 0 Å². The first-order valence-corrected chi connectivity index (χ1v) is 6.21. The molecule has 1 aliphatic heterocycles. The number of rotatable bonds is 1. The average molecular weight is 211 g/mol. The molecule has 1 saturated heterocycles. The van der Waals surface area contributed by atoms with Crippen LogP contribution in [0.4, 0.5) is 0 Å². The maximum absolute atomic E-state index is 6.18. The Hall–Kier alpha value is -0.120. The van der Waals surface area contributed by atoms with Crippen LogP contribution in [0.5, 0.6) is 0 Å². The van der Waals surface area contributed by atoms with E-state index in [2.05, 4.69) is 30.7 Å². The maximum Gasteiger partial charge on any atom is 0.0277 e. The van der Waals surface area contributed by atoms with Gasteiger partial charge in [0.2, 0.25) is 0 Å². The first-order valence-electron chi connectivity index (χ1n) is 6.21. The van der Waals surface area contributed by atoms with Crippen molar-refractivity contribution in [3.8, 4) is 0 Å². The van der Waals surface area contributed by atoms with Gasteiger partial charge in [-0.1, -0.05) is 6.42 Å². The maximum atomic E-state index is 6.18. The normalized spacial score (nSPS) is 38.4. The Morgan fingerprint density at radius 3 is 2.47 bits per heavy atom. The van der Waals surface area contributed by atoms with Crippen LogP contribution < -0.4 is 5.73 Å². The van der Waals surface area contributed by atoms with Gasteiger partial charge in [-0.3, -0.25) is 9.80 Å². The highest BCUT2D eigenvalue weighted by Gasteiger charge is 2.37. The van der Waals surface area contributed by atoms with Crippen LogP contribution >= 0.6 is 0 Å². The van der Waals surface area contributed by atoms with Gasteiger partial charge in [0.15, 0.2) is 0 Å². The van der Waals surface area contributed by atoms with Gasteiger partial charge < -0.3 is 5.73 Å². The van der Waals surface area contributed by atoms with Gasteiger partial charge in [0.1, 0.15) is 0 Å². The Labute approximate surface area is 93.6 Å². The lowest BCUT2D eigenvalue weighted by atomic mass is 9.97. The zero-order chi connectivity index (χ0) is 11.1. The predicted octanol–water partition coefficient (Wildman–Crippen LogP) is 0.892. The van der Waals surface area contributed by atoms with Gasteiger partial charge in [-0.15, -0.1) is 0 Å². The van der Waals surface area contributed by atoms with Crippen molar-refractivity contribution in [1.29, 1.82) is 0 Å². The van der Waals surface area contributed by atoms with Crippen molar-refractivity contribution in [3.05, 3.63) is 0 Å². The number of piperazine rings is 1. The average Bonchev–Trinajstić information content (AvgIpc) is 2.56. The molecule has 3 heteroatoms. The minimum atomic E-state index is 0.306. The van der Waals surface area contributed by atoms with Crippen LogP contribution in [-0.2, 0) is 0 Å². The molecule has 1 saturated carbocycles. The van der Waals surface area contributed by atoms with Gasteiger partial charge >= 0.3 is 0 Å². The minimum absolute atomic E-state index is 0.306. The smallest absolute Gasteiger partial charge is 0.0277 e. The van der Waals surface area contributed by atoms with Crippen LogP contribution in [0.3, 0.4) is 0 Å². The van der Waals surface area contributed by atoms with Gasteiger partial charge in [0.25, 0.3) is 0 Å². The highest BCUT2D eigenvalue weighted by Crippen LogP contribution is 2.27. The van der Waals surface area contributed by atoms with E-state index in [9.17, 15) is 0 Å². The Bertz CT molecular complexity index is 227. The molecular weight excluding hydrogens is 186 g/mol. The summed E-state index contributed by atoms with van der Waals surface area (Å²) in [5, 5.41) is 0. The molecule has 2 unspecified atom stereocenters. The summed E-state index contributed by atoms with van der Waals surface area (Å²) >= 11 is 0. The number of hydrogen-bond acceptors (Lipinski definition) is 3. The van der Waals surface area contributed by atoms with E-state index < -0.39 is 0 Å². The fourth-order valence-electron chi connectivity index (χ4n) is 2.98. The Kier molecular flexibility index (Phi) is 3.06. The monoisotopic (exact) mass is 211 g/mol. The molecular formula is C12H25N3. The van der Waals surface area contributed by atoms with Crippen LogP contribution in [0.15, 0.2) is 0 Å². The van der Waals surface area contributed by atoms with Crippen molar-refractivity contribution in [3.63, 3.8) is 0 Å². The first kappa shape index (κ1) is 11.4. The zero-order valence-electron chi connectivity index (χ0n) is 10.4. The molecule has 1 heterocycles. The Balaban J connectivity index is 2.00. The fourth-order valence-corrected chi connectivity index (χ4v) is 2.98. The number of likely N-dealkylation sites (N-methyl/N-ethyl adjacent to an activating group) is 1. The summed E-state index contributed by atoms with van der Waals surface area (Å²) in [7, 11) is 2.23. The summed E-state index contributed by atoms with van der Waals surface area (Å²) in [5.41, 5.74) is 6.48. The summed E-state index contributed by atoms with van der Waals surface area (Å²) in [6, 6.07) is 1.07. The van der Waals surface area contributed by atoms with E-state index in [1.54, 1.807) is 0 Å². The number of nitrogens with two attached hydrogens (primary N) is 1. The number of hydrogen-bond donors (Lipinski definition) is 1. The molecule has 2 fully saturated rings. The van der Waals surface area contributed by atoms with E-state index in [0.717, 1.165) is 0 Å². The van der Waals surface area contributed by atoms with Crippen molar-refractivity contribution in [2.24, 2.45) is 5.73 Å². The van der Waals surface area contributed by atoms with E-state index in [1.165, 1.54) is 38.9 Å². The zero-order valence-corrected chi connectivity index (χ0v) is 10.4. The summed E-state index contributed by atoms with van der Waals surface area (Å²) in [5.74, 6) is 0. The second-order valence-corrected chi connectivity index (χ2v) is 5.87. The standard InChI is InChI=1S/C12H25N3/c1-12(2)9-15(8-7-14(12)3)11-6-4-5-10(11)13/h10-11H,4-9,13H2,1-3H3. The third-order valence-electron chi connectivity index (χ3n) is 4.35. The largest absolute Gasteiger partial charge is 0.326 e. The van der Waals surface area contributed by atoms with Crippen LogP contribution in [0.2, 0.25) is 0 Å². The molecule has 0 bridgehead atoms. The third-order valence-corrected chi connectivity index (χ3v) is 4.35. The Morgan fingerprint density at radius 2 is 1.93 bits per heavy atom. The van der Waals surface area contributed by atoms with Gasteiger partial charge in [-0.2, -0.15) is 0 Å². The quantitative estimate of drug-likeness (QED) is 0.699. The second kappa shape index (κ2) is 4.04. The highest BCUT2D eigenvalue weighted by atomic mass is 15.3. The summed E-state index contributed by atoms with van der Waals surface area (Å²) in [4.78, 5) is 5.08. The van der Waals surface area contributed by atoms with Crippen molar-refractivity contribution in [1.82, 2.24) is 9.80 Å². The molecule has 0 amide bonds. The topological polar surface area (TPSA) is 32.5 Å². The number of nitrogens with zero attached hydrogens (tertiary/aromatic N) is 2. The first-order chi connectivity index (χ1) is 7.00. The molecule has 0 aromatic carbocycles. The van der Waals surface area contributed by atoms with Crippen molar-refractivity contribution < 1.29 is 0 Å². The lowest BCUT2D eigenvalue weighted by molar-refractivity contribution is 0.0149. The molecule has 1 aliphatic carbocycles. The van der Waals surface area contributed by atoms with Gasteiger partial charge in [-0.05, 0) is 33.7 Å². The molecule has 0 aromatic heterocycles. The molecule has 15 heavy (non-hydrogen) atoms. The summed E-state index contributed by atoms with van der Waals surface area (Å²) < 4.78 is 0. The highest BCUT2D eigenvalue weighted by molar-refractivity contribution is 4.95. The Morgan fingerprint density at radius 1 is 1.20 bits per heavy atom. The van der Waals surface area contributed by atoms with Crippen LogP contribution in [0.25, 0.3) is 0 Å². The fraction of sp³-hybridized carbons (Fsp3) is 1.00. The van der Waals surface area contributed by atoms with E-state index in [4.69, 9.17) is 5.73 Å². The lowest BCUT2D eigenvalue weighted by Gasteiger charge is -2.48. The second-order valence-electron chi connectivity index (χ2n) is 5.87. The molecule has 2 aliphatic rings. The van der Waals surface area contributed by atoms with Gasteiger partial charge in [-0.25, -0.2) is 0 Å². The molecule has 0 spiro atoms. The van der Waals surface area contributed by atoms with Crippen molar-refractivity contribution in [2.75, 3.05) is 26.7 Å². The van der Waals surface area contributed by atoms with Crippen LogP contribution in [-0.4, -0.2) is 54.1 Å². The molecule has 88 valence electrons. The molecule has 2 atom stereocenters. The third kappa shape index (κ3) is 2.19. The minimum Gasteiger partial charge on any atom is -0.326 e. The van der Waals surface area contributed by atoms with E-state index >= 15 is 0 Å². The van der Waals surface area contributed by atoms with Crippen molar-refractivity contribution in [2.45, 2.75) is 50.7 Å². The predicted molar refractivity (Wildman–Crippen MR) is 63.9 cm³/mol. The molecule has 3 nitrogen and oxygen atoms in total. The van der Waals surface area contributed by atoms with Gasteiger partial charge in [0.05, 0.1) is 0 Å². The molecule has 2 rings (SSSR count). The van der Waals surface area contributed by atoms with E-state index in [0.29, 0.717) is 17.6 Å². The van der Waals surface area contributed by atoms with Gasteiger partial charge in [0, 0.05) is 37.3 Å². The molecule has 2 N–H and O–H groups in total.